The topological polar surface area (TPSA) is 81.7 Å². The molecule has 2 aromatic carbocycles. The van der Waals surface area contributed by atoms with E-state index in [1.807, 2.05) is 0 Å². The van der Waals surface area contributed by atoms with Crippen molar-refractivity contribution in [3.05, 3.63) is 75.7 Å². The number of ether oxygens (including phenoxy) is 2. The van der Waals surface area contributed by atoms with Crippen molar-refractivity contribution in [2.24, 2.45) is 0 Å². The van der Waals surface area contributed by atoms with Crippen molar-refractivity contribution in [3.63, 3.8) is 0 Å². The van der Waals surface area contributed by atoms with Gasteiger partial charge in [-0.05, 0) is 54.3 Å². The first-order chi connectivity index (χ1) is 14.8. The fourth-order valence-electron chi connectivity index (χ4n) is 3.02. The number of carbonyl (C=O) groups is 1. The lowest BCUT2D eigenvalue weighted by molar-refractivity contribution is 0.0953. The van der Waals surface area contributed by atoms with Crippen LogP contribution in [0.3, 0.4) is 0 Å². The van der Waals surface area contributed by atoms with Crippen molar-refractivity contribution in [1.29, 1.82) is 0 Å². The summed E-state index contributed by atoms with van der Waals surface area (Å²) in [4.78, 5) is 13.3. The molecule has 0 unspecified atom stereocenters. The number of nitrogens with one attached hydrogen (secondary N) is 1. The van der Waals surface area contributed by atoms with Crippen molar-refractivity contribution in [1.82, 2.24) is 5.32 Å². The number of carbonyl (C=O) groups excluding carboxylic acids is 1. The standard InChI is InChI=1S/C22H22FNO5S2/c1-14-9-18(6-7-19(14)23)31(26,27)21(20-5-4-8-30-20)13-24-22(25)15-10-16(28-2)12-17(11-15)29-3/h4-12,21H,13H2,1-3H3,(H,24,25)/t21-/m1/s1. The van der Waals surface area contributed by atoms with Crippen LogP contribution in [0.5, 0.6) is 11.5 Å². The number of methoxy groups -OCH3 is 2. The number of hydrogen-bond acceptors (Lipinski definition) is 6. The van der Waals surface area contributed by atoms with Gasteiger partial charge in [0.2, 0.25) is 0 Å². The normalized spacial score (nSPS) is 12.3. The summed E-state index contributed by atoms with van der Waals surface area (Å²) >= 11 is 1.27. The van der Waals surface area contributed by atoms with Gasteiger partial charge in [-0.15, -0.1) is 11.3 Å². The Kier molecular flexibility index (Phi) is 6.97. The third-order valence-corrected chi connectivity index (χ3v) is 7.97. The van der Waals surface area contributed by atoms with Gasteiger partial charge in [-0.25, -0.2) is 12.8 Å². The number of amides is 1. The fourth-order valence-corrected chi connectivity index (χ4v) is 5.89. The number of aryl methyl sites for hydroxylation is 1. The highest BCUT2D eigenvalue weighted by molar-refractivity contribution is 7.91. The zero-order valence-electron chi connectivity index (χ0n) is 17.2. The first-order valence-electron chi connectivity index (χ1n) is 9.31. The first-order valence-corrected chi connectivity index (χ1v) is 11.7. The van der Waals surface area contributed by atoms with E-state index in [4.69, 9.17) is 9.47 Å². The second kappa shape index (κ2) is 9.49. The first kappa shape index (κ1) is 22.8. The monoisotopic (exact) mass is 463 g/mol. The number of rotatable bonds is 8. The molecule has 3 rings (SSSR count). The Balaban J connectivity index is 1.89. The molecule has 1 N–H and O–H groups in total. The van der Waals surface area contributed by atoms with Crippen LogP contribution < -0.4 is 14.8 Å². The third-order valence-electron chi connectivity index (χ3n) is 4.75. The largest absolute Gasteiger partial charge is 0.497 e. The third kappa shape index (κ3) is 5.05. The second-order valence-corrected chi connectivity index (χ2v) is 9.88. The predicted octanol–water partition coefficient (Wildman–Crippen LogP) is 4.16. The van der Waals surface area contributed by atoms with Gasteiger partial charge < -0.3 is 14.8 Å². The van der Waals surface area contributed by atoms with Crippen LogP contribution in [0, 0.1) is 12.7 Å². The highest BCUT2D eigenvalue weighted by atomic mass is 32.2. The Morgan fingerprint density at radius 2 is 1.77 bits per heavy atom. The van der Waals surface area contributed by atoms with E-state index in [2.05, 4.69) is 5.32 Å². The molecule has 9 heteroatoms. The molecular weight excluding hydrogens is 441 g/mol. The summed E-state index contributed by atoms with van der Waals surface area (Å²) in [5, 5.41) is 3.44. The minimum Gasteiger partial charge on any atom is -0.497 e. The Hall–Kier alpha value is -2.91. The fraction of sp³-hybridized carbons (Fsp3) is 0.227. The van der Waals surface area contributed by atoms with Gasteiger partial charge in [0.1, 0.15) is 22.6 Å². The highest BCUT2D eigenvalue weighted by Crippen LogP contribution is 2.32. The zero-order chi connectivity index (χ0) is 22.6. The predicted molar refractivity (Wildman–Crippen MR) is 117 cm³/mol. The van der Waals surface area contributed by atoms with Gasteiger partial charge >= 0.3 is 0 Å². The number of halogens is 1. The number of hydrogen-bond donors (Lipinski definition) is 1. The van der Waals surface area contributed by atoms with E-state index in [-0.39, 0.29) is 22.6 Å². The van der Waals surface area contributed by atoms with Crippen LogP contribution in [-0.4, -0.2) is 35.1 Å². The van der Waals surface area contributed by atoms with Crippen LogP contribution in [0.15, 0.2) is 58.8 Å². The van der Waals surface area contributed by atoms with Gasteiger partial charge in [-0.1, -0.05) is 6.07 Å². The van der Waals surface area contributed by atoms with E-state index in [0.29, 0.717) is 16.4 Å². The van der Waals surface area contributed by atoms with Crippen LogP contribution >= 0.6 is 11.3 Å². The molecule has 0 aliphatic carbocycles. The van der Waals surface area contributed by atoms with Gasteiger partial charge in [-0.2, -0.15) is 0 Å². The van der Waals surface area contributed by atoms with Gasteiger partial charge in [0.15, 0.2) is 9.84 Å². The van der Waals surface area contributed by atoms with Gasteiger partial charge in [0.05, 0.1) is 19.1 Å². The van der Waals surface area contributed by atoms with E-state index in [1.54, 1.807) is 23.6 Å². The minimum atomic E-state index is -3.89. The molecule has 3 aromatic rings. The van der Waals surface area contributed by atoms with E-state index >= 15 is 0 Å². The lowest BCUT2D eigenvalue weighted by Crippen LogP contribution is -2.31. The number of thiophene rings is 1. The average molecular weight is 464 g/mol. The molecule has 0 bridgehead atoms. The molecule has 0 saturated carbocycles. The SMILES string of the molecule is COc1cc(OC)cc(C(=O)NC[C@H](c2cccs2)S(=O)(=O)c2ccc(F)c(C)c2)c1. The van der Waals surface area contributed by atoms with Crippen molar-refractivity contribution < 1.29 is 27.1 Å². The molecule has 0 saturated heterocycles. The van der Waals surface area contributed by atoms with Crippen LogP contribution in [-0.2, 0) is 9.84 Å². The van der Waals surface area contributed by atoms with Gasteiger partial charge in [-0.3, -0.25) is 4.79 Å². The maximum atomic E-state index is 13.7. The molecule has 31 heavy (non-hydrogen) atoms. The molecule has 0 spiro atoms. The molecule has 6 nitrogen and oxygen atoms in total. The summed E-state index contributed by atoms with van der Waals surface area (Å²) in [5.74, 6) is -0.0708. The van der Waals surface area contributed by atoms with Crippen LogP contribution in [0.4, 0.5) is 4.39 Å². The summed E-state index contributed by atoms with van der Waals surface area (Å²) in [6.07, 6.45) is 0. The lowest BCUT2D eigenvalue weighted by Gasteiger charge is -2.18. The van der Waals surface area contributed by atoms with E-state index in [9.17, 15) is 17.6 Å². The molecule has 1 amide bonds. The molecule has 1 aromatic heterocycles. The van der Waals surface area contributed by atoms with Gasteiger partial charge in [0.25, 0.3) is 5.91 Å². The maximum absolute atomic E-state index is 13.7. The van der Waals surface area contributed by atoms with E-state index in [1.165, 1.54) is 56.7 Å². The molecular formula is C22H22FNO5S2. The maximum Gasteiger partial charge on any atom is 0.251 e. The minimum absolute atomic E-state index is 0.00194. The molecule has 1 atom stereocenters. The van der Waals surface area contributed by atoms with Crippen molar-refractivity contribution in [3.8, 4) is 11.5 Å². The molecule has 0 fully saturated rings. The van der Waals surface area contributed by atoms with Crippen LogP contribution in [0.25, 0.3) is 0 Å². The highest BCUT2D eigenvalue weighted by Gasteiger charge is 2.31. The van der Waals surface area contributed by atoms with Gasteiger partial charge in [0, 0.05) is 23.1 Å². The quantitative estimate of drug-likeness (QED) is 0.508. The average Bonchev–Trinajstić information content (AvgIpc) is 3.29. The van der Waals surface area contributed by atoms with Crippen LogP contribution in [0.2, 0.25) is 0 Å². The van der Waals surface area contributed by atoms with Crippen LogP contribution in [0.1, 0.15) is 26.0 Å². The van der Waals surface area contributed by atoms with Crippen molar-refractivity contribution in [2.75, 3.05) is 20.8 Å². The Morgan fingerprint density at radius 3 is 2.32 bits per heavy atom. The molecule has 0 aliphatic rings. The summed E-state index contributed by atoms with van der Waals surface area (Å²) in [6, 6.07) is 11.8. The number of benzene rings is 2. The summed E-state index contributed by atoms with van der Waals surface area (Å²) in [7, 11) is -0.942. The summed E-state index contributed by atoms with van der Waals surface area (Å²) < 4.78 is 50.7. The molecule has 0 radical (unpaired) electrons. The van der Waals surface area contributed by atoms with Crippen molar-refractivity contribution in [2.45, 2.75) is 17.1 Å². The smallest absolute Gasteiger partial charge is 0.251 e. The second-order valence-electron chi connectivity index (χ2n) is 6.77. The Bertz CT molecular complexity index is 1150. The summed E-state index contributed by atoms with van der Waals surface area (Å²) in [5.41, 5.74) is 0.509. The Morgan fingerprint density at radius 1 is 1.10 bits per heavy atom. The molecule has 164 valence electrons. The molecule has 1 heterocycles. The summed E-state index contributed by atoms with van der Waals surface area (Å²) in [6.45, 7) is 1.35. The Labute approximate surface area is 184 Å². The molecule has 0 aliphatic heterocycles. The van der Waals surface area contributed by atoms with E-state index in [0.717, 1.165) is 6.07 Å². The van der Waals surface area contributed by atoms with E-state index < -0.39 is 26.8 Å². The lowest BCUT2D eigenvalue weighted by atomic mass is 10.2. The van der Waals surface area contributed by atoms with Crippen molar-refractivity contribution >= 4 is 27.1 Å². The number of sulfone groups is 1. The zero-order valence-corrected chi connectivity index (χ0v) is 18.8.